The summed E-state index contributed by atoms with van der Waals surface area (Å²) in [5.41, 5.74) is 2.32. The lowest BCUT2D eigenvalue weighted by Gasteiger charge is -2.35. The third kappa shape index (κ3) is 1.40. The Balaban J connectivity index is 2.17. The lowest BCUT2D eigenvalue weighted by molar-refractivity contribution is -0.145. The fourth-order valence-electron chi connectivity index (χ4n) is 1.64. The summed E-state index contributed by atoms with van der Waals surface area (Å²) in [6.07, 6.45) is -0.322. The molecule has 0 bridgehead atoms. The Bertz CT molecular complexity index is 345. The van der Waals surface area contributed by atoms with E-state index in [1.807, 2.05) is 31.2 Å². The quantitative estimate of drug-likeness (QED) is 0.713. The number of amides is 1. The topological polar surface area (TPSA) is 38.3 Å². The molecular weight excluding hydrogens is 178 g/mol. The predicted molar refractivity (Wildman–Crippen MR) is 52.9 cm³/mol. The van der Waals surface area contributed by atoms with Crippen LogP contribution in [-0.4, -0.2) is 19.1 Å². The van der Waals surface area contributed by atoms with Gasteiger partial charge in [-0.25, -0.2) is 0 Å². The van der Waals surface area contributed by atoms with Crippen LogP contribution < -0.4 is 5.32 Å². The van der Waals surface area contributed by atoms with Gasteiger partial charge in [-0.1, -0.05) is 29.8 Å². The Morgan fingerprint density at radius 3 is 2.43 bits per heavy atom. The summed E-state index contributed by atoms with van der Waals surface area (Å²) in [5, 5.41) is 2.82. The Kier molecular flexibility index (Phi) is 2.25. The molecule has 1 heterocycles. The molecule has 0 aliphatic carbocycles. The monoisotopic (exact) mass is 191 g/mol. The third-order valence-electron chi connectivity index (χ3n) is 2.55. The predicted octanol–water partition coefficient (Wildman–Crippen LogP) is 1.18. The highest BCUT2D eigenvalue weighted by Crippen LogP contribution is 2.26. The van der Waals surface area contributed by atoms with Gasteiger partial charge >= 0.3 is 0 Å². The van der Waals surface area contributed by atoms with Crippen LogP contribution in [0.25, 0.3) is 0 Å². The molecule has 3 heteroatoms. The molecule has 1 amide bonds. The van der Waals surface area contributed by atoms with Crippen molar-refractivity contribution in [2.45, 2.75) is 19.1 Å². The van der Waals surface area contributed by atoms with E-state index in [9.17, 15) is 4.79 Å². The standard InChI is InChI=1S/C11H13NO2/c1-7-3-5-8(6-4-7)9-10(14-2)11(13)12-9/h3-6,9-10H,1-2H3,(H,12,13)/t9-,10+/m1/s1. The fraction of sp³-hybridized carbons (Fsp3) is 0.364. The summed E-state index contributed by atoms with van der Waals surface area (Å²) in [7, 11) is 1.56. The number of rotatable bonds is 2. The van der Waals surface area contributed by atoms with Gasteiger partial charge in [-0.3, -0.25) is 4.79 Å². The van der Waals surface area contributed by atoms with Gasteiger partial charge in [-0.2, -0.15) is 0 Å². The van der Waals surface area contributed by atoms with E-state index in [1.54, 1.807) is 7.11 Å². The van der Waals surface area contributed by atoms with Crippen molar-refractivity contribution >= 4 is 5.91 Å². The molecule has 1 aromatic carbocycles. The van der Waals surface area contributed by atoms with Gasteiger partial charge in [0.2, 0.25) is 0 Å². The summed E-state index contributed by atoms with van der Waals surface area (Å²) in [5.74, 6) is -0.0296. The Morgan fingerprint density at radius 1 is 1.29 bits per heavy atom. The van der Waals surface area contributed by atoms with Crippen LogP contribution in [0.3, 0.4) is 0 Å². The highest BCUT2D eigenvalue weighted by molar-refractivity contribution is 5.88. The van der Waals surface area contributed by atoms with Crippen LogP contribution in [-0.2, 0) is 9.53 Å². The number of benzene rings is 1. The molecule has 2 atom stereocenters. The highest BCUT2D eigenvalue weighted by Gasteiger charge is 2.40. The molecular formula is C11H13NO2. The van der Waals surface area contributed by atoms with E-state index in [0.29, 0.717) is 0 Å². The number of carbonyl (C=O) groups is 1. The molecule has 1 aliphatic rings. The second-order valence-electron chi connectivity index (χ2n) is 3.55. The number of aryl methyl sites for hydroxylation is 1. The van der Waals surface area contributed by atoms with E-state index in [2.05, 4.69) is 5.32 Å². The van der Waals surface area contributed by atoms with Gasteiger partial charge < -0.3 is 10.1 Å². The van der Waals surface area contributed by atoms with Crippen LogP contribution in [0.5, 0.6) is 0 Å². The molecule has 0 saturated carbocycles. The lowest BCUT2D eigenvalue weighted by atomic mass is 9.93. The van der Waals surface area contributed by atoms with Gasteiger partial charge in [0.05, 0.1) is 6.04 Å². The summed E-state index contributed by atoms with van der Waals surface area (Å²) in [6, 6.07) is 8.13. The number of hydrogen-bond donors (Lipinski definition) is 1. The Morgan fingerprint density at radius 2 is 1.93 bits per heavy atom. The number of methoxy groups -OCH3 is 1. The van der Waals surface area contributed by atoms with Crippen LogP contribution in [0.2, 0.25) is 0 Å². The van der Waals surface area contributed by atoms with Crippen molar-refractivity contribution in [1.29, 1.82) is 0 Å². The summed E-state index contributed by atoms with van der Waals surface area (Å²) in [6.45, 7) is 2.04. The van der Waals surface area contributed by atoms with Crippen LogP contribution >= 0.6 is 0 Å². The molecule has 1 aromatic rings. The largest absolute Gasteiger partial charge is 0.369 e. The van der Waals surface area contributed by atoms with E-state index in [0.717, 1.165) is 5.56 Å². The average Bonchev–Trinajstić information content (AvgIpc) is 2.16. The second kappa shape index (κ2) is 3.42. The zero-order valence-electron chi connectivity index (χ0n) is 8.28. The first-order valence-electron chi connectivity index (χ1n) is 4.62. The van der Waals surface area contributed by atoms with E-state index >= 15 is 0 Å². The smallest absolute Gasteiger partial charge is 0.252 e. The molecule has 1 aliphatic heterocycles. The van der Waals surface area contributed by atoms with Crippen molar-refractivity contribution in [3.8, 4) is 0 Å². The van der Waals surface area contributed by atoms with Crippen LogP contribution in [0.15, 0.2) is 24.3 Å². The fourth-order valence-corrected chi connectivity index (χ4v) is 1.64. The van der Waals surface area contributed by atoms with Crippen LogP contribution in [0.1, 0.15) is 17.2 Å². The summed E-state index contributed by atoms with van der Waals surface area (Å²) < 4.78 is 5.08. The van der Waals surface area contributed by atoms with Crippen LogP contribution in [0, 0.1) is 6.92 Å². The maximum Gasteiger partial charge on any atom is 0.252 e. The molecule has 1 saturated heterocycles. The number of hydrogen-bond acceptors (Lipinski definition) is 2. The molecule has 3 nitrogen and oxygen atoms in total. The Labute approximate surface area is 83.1 Å². The number of carbonyl (C=O) groups excluding carboxylic acids is 1. The van der Waals surface area contributed by atoms with Gasteiger partial charge in [0.15, 0.2) is 6.10 Å². The van der Waals surface area contributed by atoms with Crippen molar-refractivity contribution in [3.63, 3.8) is 0 Å². The molecule has 74 valence electrons. The first kappa shape index (κ1) is 9.21. The number of β-lactam (4-membered cyclic amide) rings is 1. The molecule has 0 aromatic heterocycles. The van der Waals surface area contributed by atoms with E-state index < -0.39 is 0 Å². The van der Waals surface area contributed by atoms with E-state index in [1.165, 1.54) is 5.56 Å². The first-order valence-corrected chi connectivity index (χ1v) is 4.62. The van der Waals surface area contributed by atoms with E-state index in [4.69, 9.17) is 4.74 Å². The summed E-state index contributed by atoms with van der Waals surface area (Å²) >= 11 is 0. The number of ether oxygens (including phenoxy) is 1. The van der Waals surface area contributed by atoms with Gasteiger partial charge in [-0.15, -0.1) is 0 Å². The third-order valence-corrected chi connectivity index (χ3v) is 2.55. The maximum absolute atomic E-state index is 11.1. The van der Waals surface area contributed by atoms with Crippen molar-refractivity contribution in [2.75, 3.05) is 7.11 Å². The van der Waals surface area contributed by atoms with Crippen molar-refractivity contribution in [1.82, 2.24) is 5.32 Å². The lowest BCUT2D eigenvalue weighted by Crippen LogP contribution is -2.56. The summed E-state index contributed by atoms with van der Waals surface area (Å²) in [4.78, 5) is 11.1. The highest BCUT2D eigenvalue weighted by atomic mass is 16.5. The number of nitrogens with one attached hydrogen (secondary N) is 1. The van der Waals surface area contributed by atoms with Crippen LogP contribution in [0.4, 0.5) is 0 Å². The Hall–Kier alpha value is -1.35. The molecule has 1 N–H and O–H groups in total. The van der Waals surface area contributed by atoms with Crippen molar-refractivity contribution in [2.24, 2.45) is 0 Å². The first-order chi connectivity index (χ1) is 6.72. The van der Waals surface area contributed by atoms with Crippen molar-refractivity contribution in [3.05, 3.63) is 35.4 Å². The minimum atomic E-state index is -0.322. The molecule has 0 spiro atoms. The molecule has 0 unspecified atom stereocenters. The molecule has 2 rings (SSSR count). The normalized spacial score (nSPS) is 25.4. The van der Waals surface area contributed by atoms with E-state index in [-0.39, 0.29) is 18.1 Å². The molecule has 14 heavy (non-hydrogen) atoms. The van der Waals surface area contributed by atoms with Gasteiger partial charge in [-0.05, 0) is 12.5 Å². The van der Waals surface area contributed by atoms with Gasteiger partial charge in [0, 0.05) is 7.11 Å². The minimum Gasteiger partial charge on any atom is -0.369 e. The second-order valence-corrected chi connectivity index (χ2v) is 3.55. The van der Waals surface area contributed by atoms with Gasteiger partial charge in [0.25, 0.3) is 5.91 Å². The zero-order valence-corrected chi connectivity index (χ0v) is 8.28. The van der Waals surface area contributed by atoms with Gasteiger partial charge in [0.1, 0.15) is 0 Å². The zero-order chi connectivity index (χ0) is 10.1. The van der Waals surface area contributed by atoms with Crippen molar-refractivity contribution < 1.29 is 9.53 Å². The molecule has 1 fully saturated rings. The molecule has 0 radical (unpaired) electrons. The SMILES string of the molecule is CO[C@@H]1C(=O)N[C@@H]1c1ccc(C)cc1. The maximum atomic E-state index is 11.1. The average molecular weight is 191 g/mol. The minimum absolute atomic E-state index is 0.0214.